The molecule has 3 heteroatoms. The van der Waals surface area contributed by atoms with Gasteiger partial charge in [0.15, 0.2) is 0 Å². The van der Waals surface area contributed by atoms with Crippen LogP contribution >= 0.6 is 0 Å². The first kappa shape index (κ1) is 14.4. The number of hydrogen-bond acceptors (Lipinski definition) is 2. The van der Waals surface area contributed by atoms with Crippen LogP contribution in [0.25, 0.3) is 0 Å². The molecule has 0 aliphatic rings. The molecule has 0 rings (SSSR count). The molecule has 0 aliphatic heterocycles. The van der Waals surface area contributed by atoms with Gasteiger partial charge in [-0.15, -0.1) is 0 Å². The van der Waals surface area contributed by atoms with Gasteiger partial charge in [0.2, 0.25) is 0 Å². The molecular weight excluding hydrogens is 186 g/mol. The van der Waals surface area contributed by atoms with Crippen molar-refractivity contribution in [2.24, 2.45) is 17.6 Å². The Morgan fingerprint density at radius 1 is 1.33 bits per heavy atom. The molecular formula is C12H27N3. The van der Waals surface area contributed by atoms with Crippen molar-refractivity contribution >= 4 is 5.84 Å². The predicted octanol–water partition coefficient (Wildman–Crippen LogP) is 2.32. The van der Waals surface area contributed by atoms with Gasteiger partial charge in [0.25, 0.3) is 0 Å². The number of nitrogens with two attached hydrogens (primary N) is 1. The second kappa shape index (κ2) is 7.69. The molecule has 15 heavy (non-hydrogen) atoms. The fourth-order valence-corrected chi connectivity index (χ4v) is 1.59. The maximum absolute atomic E-state index is 7.37. The third-order valence-electron chi connectivity index (χ3n) is 2.77. The van der Waals surface area contributed by atoms with Gasteiger partial charge in [-0.1, -0.05) is 27.7 Å². The topological polar surface area (TPSA) is 53.1 Å². The van der Waals surface area contributed by atoms with Crippen molar-refractivity contribution in [1.29, 1.82) is 5.41 Å². The minimum atomic E-state index is 0.184. The average molecular weight is 213 g/mol. The maximum atomic E-state index is 7.37. The third kappa shape index (κ3) is 7.37. The van der Waals surface area contributed by atoms with E-state index in [1.807, 2.05) is 6.92 Å². The van der Waals surface area contributed by atoms with E-state index in [1.54, 1.807) is 0 Å². The standard InChI is InChI=1S/C12H27N3/c1-5-15(8-6-7-10(2)3)9-11(4)12(13)14/h10-11H,5-9H2,1-4H3,(H3,13,14). The summed E-state index contributed by atoms with van der Waals surface area (Å²) in [5.41, 5.74) is 5.47. The molecule has 0 aliphatic carbocycles. The van der Waals surface area contributed by atoms with Gasteiger partial charge in [-0.05, 0) is 31.8 Å². The summed E-state index contributed by atoms with van der Waals surface area (Å²) in [6.07, 6.45) is 2.53. The Morgan fingerprint density at radius 2 is 1.93 bits per heavy atom. The monoisotopic (exact) mass is 213 g/mol. The van der Waals surface area contributed by atoms with E-state index in [0.29, 0.717) is 5.84 Å². The molecule has 0 aromatic rings. The Morgan fingerprint density at radius 3 is 2.33 bits per heavy atom. The normalized spacial score (nSPS) is 13.5. The summed E-state index contributed by atoms with van der Waals surface area (Å²) in [7, 11) is 0. The molecule has 1 atom stereocenters. The van der Waals surface area contributed by atoms with Crippen molar-refractivity contribution in [3.63, 3.8) is 0 Å². The van der Waals surface area contributed by atoms with E-state index in [-0.39, 0.29) is 5.92 Å². The number of rotatable bonds is 8. The highest BCUT2D eigenvalue weighted by Gasteiger charge is 2.10. The van der Waals surface area contributed by atoms with Crippen LogP contribution in [0.1, 0.15) is 40.5 Å². The highest BCUT2D eigenvalue weighted by molar-refractivity contribution is 5.79. The molecule has 1 unspecified atom stereocenters. The zero-order valence-corrected chi connectivity index (χ0v) is 10.7. The fourth-order valence-electron chi connectivity index (χ4n) is 1.59. The first-order valence-electron chi connectivity index (χ1n) is 6.03. The number of nitrogens with one attached hydrogen (secondary N) is 1. The second-order valence-corrected chi connectivity index (χ2v) is 4.79. The Kier molecular flexibility index (Phi) is 7.39. The van der Waals surface area contributed by atoms with E-state index < -0.39 is 0 Å². The van der Waals surface area contributed by atoms with Gasteiger partial charge in [-0.2, -0.15) is 0 Å². The maximum Gasteiger partial charge on any atom is 0.0947 e. The Hall–Kier alpha value is -0.570. The van der Waals surface area contributed by atoms with E-state index in [4.69, 9.17) is 11.1 Å². The molecule has 0 aromatic heterocycles. The van der Waals surface area contributed by atoms with Crippen LogP contribution in [-0.4, -0.2) is 30.4 Å². The van der Waals surface area contributed by atoms with E-state index in [1.165, 1.54) is 12.8 Å². The highest BCUT2D eigenvalue weighted by Crippen LogP contribution is 2.06. The number of nitrogens with zero attached hydrogens (tertiary/aromatic N) is 1. The van der Waals surface area contributed by atoms with Gasteiger partial charge < -0.3 is 10.6 Å². The molecule has 3 N–H and O–H groups in total. The van der Waals surface area contributed by atoms with Crippen LogP contribution in [0.5, 0.6) is 0 Å². The van der Waals surface area contributed by atoms with Gasteiger partial charge in [-0.3, -0.25) is 5.41 Å². The number of hydrogen-bond donors (Lipinski definition) is 2. The summed E-state index contributed by atoms with van der Waals surface area (Å²) in [5, 5.41) is 7.37. The molecule has 0 amide bonds. The van der Waals surface area contributed by atoms with Gasteiger partial charge in [0.05, 0.1) is 5.84 Å². The summed E-state index contributed by atoms with van der Waals surface area (Å²) in [4.78, 5) is 2.38. The lowest BCUT2D eigenvalue weighted by Crippen LogP contribution is -2.35. The zero-order valence-electron chi connectivity index (χ0n) is 10.7. The van der Waals surface area contributed by atoms with E-state index >= 15 is 0 Å². The minimum Gasteiger partial charge on any atom is -0.387 e. The van der Waals surface area contributed by atoms with Crippen molar-refractivity contribution in [2.45, 2.75) is 40.5 Å². The van der Waals surface area contributed by atoms with Gasteiger partial charge in [0.1, 0.15) is 0 Å². The summed E-state index contributed by atoms with van der Waals surface area (Å²) in [5.74, 6) is 1.27. The van der Waals surface area contributed by atoms with E-state index in [0.717, 1.165) is 25.6 Å². The first-order valence-corrected chi connectivity index (χ1v) is 6.03. The molecule has 3 nitrogen and oxygen atoms in total. The Labute approximate surface area is 94.5 Å². The molecule has 0 aromatic carbocycles. The van der Waals surface area contributed by atoms with Crippen molar-refractivity contribution in [3.05, 3.63) is 0 Å². The molecule has 0 saturated heterocycles. The highest BCUT2D eigenvalue weighted by atomic mass is 15.1. The van der Waals surface area contributed by atoms with Crippen molar-refractivity contribution in [3.8, 4) is 0 Å². The van der Waals surface area contributed by atoms with Crippen LogP contribution in [-0.2, 0) is 0 Å². The quantitative estimate of drug-likeness (QED) is 0.480. The summed E-state index contributed by atoms with van der Waals surface area (Å²) < 4.78 is 0. The lowest BCUT2D eigenvalue weighted by atomic mass is 10.1. The summed E-state index contributed by atoms with van der Waals surface area (Å²) in [6.45, 7) is 11.8. The number of amidine groups is 1. The van der Waals surface area contributed by atoms with Crippen LogP contribution < -0.4 is 5.73 Å². The van der Waals surface area contributed by atoms with Crippen LogP contribution in [0.2, 0.25) is 0 Å². The molecule has 0 heterocycles. The lowest BCUT2D eigenvalue weighted by Gasteiger charge is -2.23. The summed E-state index contributed by atoms with van der Waals surface area (Å²) in [6, 6.07) is 0. The lowest BCUT2D eigenvalue weighted by molar-refractivity contribution is 0.261. The molecule has 0 spiro atoms. The smallest absolute Gasteiger partial charge is 0.0947 e. The van der Waals surface area contributed by atoms with Crippen LogP contribution in [0.4, 0.5) is 0 Å². The largest absolute Gasteiger partial charge is 0.387 e. The second-order valence-electron chi connectivity index (χ2n) is 4.79. The SMILES string of the molecule is CCN(CCCC(C)C)CC(C)C(=N)N. The minimum absolute atomic E-state index is 0.184. The molecule has 0 fully saturated rings. The van der Waals surface area contributed by atoms with Crippen LogP contribution in [0.3, 0.4) is 0 Å². The molecule has 0 bridgehead atoms. The van der Waals surface area contributed by atoms with Crippen LogP contribution in [0.15, 0.2) is 0 Å². The predicted molar refractivity (Wildman–Crippen MR) is 67.3 cm³/mol. The van der Waals surface area contributed by atoms with E-state index in [2.05, 4.69) is 25.7 Å². The summed E-state index contributed by atoms with van der Waals surface area (Å²) >= 11 is 0. The van der Waals surface area contributed by atoms with Crippen molar-refractivity contribution in [2.75, 3.05) is 19.6 Å². The van der Waals surface area contributed by atoms with Gasteiger partial charge in [0, 0.05) is 12.5 Å². The fraction of sp³-hybridized carbons (Fsp3) is 0.917. The first-order chi connectivity index (χ1) is 6.97. The Bertz CT molecular complexity index is 178. The van der Waals surface area contributed by atoms with Gasteiger partial charge in [-0.25, -0.2) is 0 Å². The molecule has 0 radical (unpaired) electrons. The van der Waals surface area contributed by atoms with Crippen molar-refractivity contribution < 1.29 is 0 Å². The molecule has 0 saturated carbocycles. The zero-order chi connectivity index (χ0) is 11.8. The molecule has 90 valence electrons. The Balaban J connectivity index is 3.77. The average Bonchev–Trinajstić information content (AvgIpc) is 2.15. The van der Waals surface area contributed by atoms with Crippen molar-refractivity contribution in [1.82, 2.24) is 4.90 Å². The van der Waals surface area contributed by atoms with Gasteiger partial charge >= 0.3 is 0 Å². The third-order valence-corrected chi connectivity index (χ3v) is 2.77. The van der Waals surface area contributed by atoms with Crippen LogP contribution in [0, 0.1) is 17.2 Å². The van der Waals surface area contributed by atoms with E-state index in [9.17, 15) is 0 Å².